The Kier molecular flexibility index (Phi) is 3.56. The molecule has 0 amide bonds. The van der Waals surface area contributed by atoms with Gasteiger partial charge in [0, 0.05) is 30.4 Å². The molecule has 2 unspecified atom stereocenters. The van der Waals surface area contributed by atoms with Crippen LogP contribution in [0.1, 0.15) is 53.0 Å². The van der Waals surface area contributed by atoms with Crippen LogP contribution in [0.4, 0.5) is 5.69 Å². The molecule has 21 heavy (non-hydrogen) atoms. The van der Waals surface area contributed by atoms with Gasteiger partial charge in [0.25, 0.3) is 0 Å². The molecular formula is C19H30N2. The Morgan fingerprint density at radius 2 is 1.86 bits per heavy atom. The SMILES string of the molecule is CC1CNC(C)(C2CC2)CN1c1ccccc1C(C)(C)C. The number of para-hydroxylation sites is 1. The monoisotopic (exact) mass is 286 g/mol. The molecule has 2 atom stereocenters. The Bertz CT molecular complexity index is 513. The molecule has 1 aromatic carbocycles. The number of hydrogen-bond acceptors (Lipinski definition) is 2. The van der Waals surface area contributed by atoms with E-state index in [1.807, 2.05) is 0 Å². The van der Waals surface area contributed by atoms with Gasteiger partial charge in [0.1, 0.15) is 0 Å². The van der Waals surface area contributed by atoms with Crippen LogP contribution < -0.4 is 10.2 Å². The number of nitrogens with zero attached hydrogens (tertiary/aromatic N) is 1. The van der Waals surface area contributed by atoms with Gasteiger partial charge in [-0.25, -0.2) is 0 Å². The molecule has 0 spiro atoms. The minimum absolute atomic E-state index is 0.192. The number of nitrogens with one attached hydrogen (secondary N) is 1. The second-order valence-electron chi connectivity index (χ2n) is 8.32. The summed E-state index contributed by atoms with van der Waals surface area (Å²) in [6.45, 7) is 13.9. The third kappa shape index (κ3) is 2.83. The zero-order valence-corrected chi connectivity index (χ0v) is 14.2. The van der Waals surface area contributed by atoms with Crippen molar-refractivity contribution < 1.29 is 0 Å². The van der Waals surface area contributed by atoms with E-state index in [1.165, 1.54) is 24.1 Å². The van der Waals surface area contributed by atoms with Gasteiger partial charge < -0.3 is 10.2 Å². The Labute approximate surface area is 129 Å². The zero-order valence-electron chi connectivity index (χ0n) is 14.2. The molecule has 2 aliphatic rings. The highest BCUT2D eigenvalue weighted by molar-refractivity contribution is 5.58. The first kappa shape index (κ1) is 14.9. The Morgan fingerprint density at radius 3 is 2.48 bits per heavy atom. The van der Waals surface area contributed by atoms with E-state index in [0.29, 0.717) is 6.04 Å². The highest BCUT2D eigenvalue weighted by Crippen LogP contribution is 2.43. The summed E-state index contributed by atoms with van der Waals surface area (Å²) in [4.78, 5) is 2.65. The smallest absolute Gasteiger partial charge is 0.0407 e. The highest BCUT2D eigenvalue weighted by atomic mass is 15.3. The lowest BCUT2D eigenvalue weighted by molar-refractivity contribution is 0.260. The molecule has 2 nitrogen and oxygen atoms in total. The summed E-state index contributed by atoms with van der Waals surface area (Å²) in [5.41, 5.74) is 3.39. The fourth-order valence-electron chi connectivity index (χ4n) is 3.73. The van der Waals surface area contributed by atoms with Crippen LogP contribution in [0.25, 0.3) is 0 Å². The van der Waals surface area contributed by atoms with Gasteiger partial charge in [0.15, 0.2) is 0 Å². The second kappa shape index (κ2) is 5.01. The van der Waals surface area contributed by atoms with E-state index in [4.69, 9.17) is 0 Å². The fraction of sp³-hybridized carbons (Fsp3) is 0.684. The van der Waals surface area contributed by atoms with Gasteiger partial charge in [0.05, 0.1) is 0 Å². The third-order valence-corrected chi connectivity index (χ3v) is 5.33. The van der Waals surface area contributed by atoms with E-state index in [1.54, 1.807) is 0 Å². The number of rotatable bonds is 2. The summed E-state index contributed by atoms with van der Waals surface area (Å²) in [6, 6.07) is 9.54. The first-order valence-electron chi connectivity index (χ1n) is 8.42. The standard InChI is InChI=1S/C19H30N2/c1-14-12-20-19(5,15-10-11-15)13-21(14)17-9-7-6-8-16(17)18(2,3)4/h6-9,14-15,20H,10-13H2,1-5H3. The van der Waals surface area contributed by atoms with E-state index in [2.05, 4.69) is 69.1 Å². The summed E-state index contributed by atoms with van der Waals surface area (Å²) in [6.07, 6.45) is 2.79. The van der Waals surface area contributed by atoms with E-state index < -0.39 is 0 Å². The lowest BCUT2D eigenvalue weighted by Gasteiger charge is -2.48. The van der Waals surface area contributed by atoms with Crippen molar-refractivity contribution in [2.45, 2.75) is 64.5 Å². The predicted octanol–water partition coefficient (Wildman–Crippen LogP) is 3.95. The summed E-state index contributed by atoms with van der Waals surface area (Å²) in [5, 5.41) is 3.82. The van der Waals surface area contributed by atoms with Gasteiger partial charge in [-0.15, -0.1) is 0 Å². The molecule has 1 aliphatic heterocycles. The fourth-order valence-corrected chi connectivity index (χ4v) is 3.73. The van der Waals surface area contributed by atoms with Gasteiger partial charge in [-0.1, -0.05) is 39.0 Å². The van der Waals surface area contributed by atoms with E-state index in [-0.39, 0.29) is 11.0 Å². The maximum absolute atomic E-state index is 3.82. The summed E-state index contributed by atoms with van der Waals surface area (Å²) >= 11 is 0. The minimum Gasteiger partial charge on any atom is -0.365 e. The van der Waals surface area contributed by atoms with E-state index in [0.717, 1.165) is 19.0 Å². The number of piperazine rings is 1. The first-order valence-corrected chi connectivity index (χ1v) is 8.42. The molecule has 2 fully saturated rings. The van der Waals surface area contributed by atoms with Crippen molar-refractivity contribution in [3.05, 3.63) is 29.8 Å². The largest absolute Gasteiger partial charge is 0.365 e. The topological polar surface area (TPSA) is 15.3 Å². The Hall–Kier alpha value is -1.02. The van der Waals surface area contributed by atoms with E-state index >= 15 is 0 Å². The molecule has 1 saturated carbocycles. The quantitative estimate of drug-likeness (QED) is 0.885. The number of benzene rings is 1. The van der Waals surface area contributed by atoms with Crippen molar-refractivity contribution in [1.82, 2.24) is 5.32 Å². The third-order valence-electron chi connectivity index (χ3n) is 5.33. The van der Waals surface area contributed by atoms with Gasteiger partial charge in [-0.3, -0.25) is 0 Å². The summed E-state index contributed by atoms with van der Waals surface area (Å²) in [7, 11) is 0. The zero-order chi connectivity index (χ0) is 15.3. The van der Waals surface area contributed by atoms with Crippen molar-refractivity contribution >= 4 is 5.69 Å². The molecule has 0 aromatic heterocycles. The number of hydrogen-bond donors (Lipinski definition) is 1. The van der Waals surface area contributed by atoms with Crippen LogP contribution in [0, 0.1) is 5.92 Å². The van der Waals surface area contributed by atoms with Crippen molar-refractivity contribution in [3.8, 4) is 0 Å². The molecule has 0 bridgehead atoms. The van der Waals surface area contributed by atoms with Crippen molar-refractivity contribution in [3.63, 3.8) is 0 Å². The molecular weight excluding hydrogens is 256 g/mol. The van der Waals surface area contributed by atoms with Crippen molar-refractivity contribution in [2.75, 3.05) is 18.0 Å². The molecule has 3 rings (SSSR count). The Balaban J connectivity index is 1.95. The second-order valence-corrected chi connectivity index (χ2v) is 8.32. The molecule has 1 aliphatic carbocycles. The summed E-state index contributed by atoms with van der Waals surface area (Å²) < 4.78 is 0. The van der Waals surface area contributed by atoms with Crippen molar-refractivity contribution in [1.29, 1.82) is 0 Å². The molecule has 1 aromatic rings. The van der Waals surface area contributed by atoms with Crippen LogP contribution in [0.5, 0.6) is 0 Å². The van der Waals surface area contributed by atoms with Crippen LogP contribution in [0.3, 0.4) is 0 Å². The van der Waals surface area contributed by atoms with Crippen LogP contribution >= 0.6 is 0 Å². The van der Waals surface area contributed by atoms with Gasteiger partial charge >= 0.3 is 0 Å². The number of anilines is 1. The van der Waals surface area contributed by atoms with Gasteiger partial charge in [-0.2, -0.15) is 0 Å². The lowest BCUT2D eigenvalue weighted by atomic mass is 9.84. The molecule has 1 saturated heterocycles. The normalized spacial score (nSPS) is 30.5. The highest BCUT2D eigenvalue weighted by Gasteiger charge is 2.45. The van der Waals surface area contributed by atoms with Gasteiger partial charge in [0.2, 0.25) is 0 Å². The predicted molar refractivity (Wildman–Crippen MR) is 91.1 cm³/mol. The molecule has 1 heterocycles. The van der Waals surface area contributed by atoms with Crippen molar-refractivity contribution in [2.24, 2.45) is 5.92 Å². The first-order chi connectivity index (χ1) is 9.81. The maximum atomic E-state index is 3.82. The Morgan fingerprint density at radius 1 is 1.19 bits per heavy atom. The van der Waals surface area contributed by atoms with Crippen LogP contribution in [-0.4, -0.2) is 24.7 Å². The average molecular weight is 286 g/mol. The molecule has 116 valence electrons. The van der Waals surface area contributed by atoms with Crippen LogP contribution in [0.15, 0.2) is 24.3 Å². The van der Waals surface area contributed by atoms with E-state index in [9.17, 15) is 0 Å². The lowest BCUT2D eigenvalue weighted by Crippen LogP contribution is -2.63. The molecule has 2 heteroatoms. The minimum atomic E-state index is 0.192. The molecule has 1 N–H and O–H groups in total. The molecule has 0 radical (unpaired) electrons. The van der Waals surface area contributed by atoms with Gasteiger partial charge in [-0.05, 0) is 49.7 Å². The maximum Gasteiger partial charge on any atom is 0.0407 e. The van der Waals surface area contributed by atoms with Crippen LogP contribution in [0.2, 0.25) is 0 Å². The average Bonchev–Trinajstić information content (AvgIpc) is 3.26. The summed E-state index contributed by atoms with van der Waals surface area (Å²) in [5.74, 6) is 0.870. The van der Waals surface area contributed by atoms with Crippen LogP contribution in [-0.2, 0) is 5.41 Å².